The number of nitrogens with zero attached hydrogens (tertiary/aromatic N) is 4. The number of fused-ring (bicyclic) bond motifs is 19. The van der Waals surface area contributed by atoms with Gasteiger partial charge in [0.15, 0.2) is 0 Å². The van der Waals surface area contributed by atoms with E-state index in [1.165, 1.54) is 221 Å². The Morgan fingerprint density at radius 2 is 0.705 bits per heavy atom. The van der Waals surface area contributed by atoms with E-state index in [1.807, 2.05) is 0 Å². The molecule has 414 valence electrons. The first-order valence-corrected chi connectivity index (χ1v) is 31.4. The fourth-order valence-electron chi connectivity index (χ4n) is 18.4. The van der Waals surface area contributed by atoms with Crippen molar-refractivity contribution in [2.75, 3.05) is 0 Å². The van der Waals surface area contributed by atoms with Gasteiger partial charge in [-0.2, -0.15) is 0 Å². The molecule has 1 atom stereocenters. The van der Waals surface area contributed by atoms with Crippen LogP contribution < -0.4 is 10.9 Å². The minimum absolute atomic E-state index is 0.127. The van der Waals surface area contributed by atoms with Crippen LogP contribution in [-0.2, 0) is 0 Å². The van der Waals surface area contributed by atoms with Gasteiger partial charge >= 0.3 is 6.85 Å². The van der Waals surface area contributed by atoms with Gasteiger partial charge in [0.1, 0.15) is 0 Å². The molecule has 0 radical (unpaired) electrons. The molecule has 0 bridgehead atoms. The van der Waals surface area contributed by atoms with Crippen molar-refractivity contribution in [3.8, 4) is 78.1 Å². The van der Waals surface area contributed by atoms with E-state index >= 15 is 0 Å². The van der Waals surface area contributed by atoms with E-state index in [0.29, 0.717) is 0 Å². The van der Waals surface area contributed by atoms with Crippen LogP contribution in [0.5, 0.6) is 0 Å². The number of hydrogen-bond donors (Lipinski definition) is 0. The number of rotatable bonds is 4. The first-order chi connectivity index (χ1) is 43.1. The van der Waals surface area contributed by atoms with Crippen molar-refractivity contribution in [3.05, 3.63) is 262 Å². The lowest BCUT2D eigenvalue weighted by atomic mass is 9.45. The summed E-state index contributed by atoms with van der Waals surface area (Å²) in [5.41, 5.74) is 44.2. The second-order valence-corrected chi connectivity index (χ2v) is 26.1. The van der Waals surface area contributed by atoms with Gasteiger partial charge in [-0.3, -0.25) is 0 Å². The van der Waals surface area contributed by atoms with E-state index in [4.69, 9.17) is 0 Å². The molecule has 4 aliphatic heterocycles. The van der Waals surface area contributed by atoms with Gasteiger partial charge < -0.3 is 18.2 Å². The van der Waals surface area contributed by atoms with Crippen molar-refractivity contribution >= 4 is 94.2 Å². The quantitative estimate of drug-likeness (QED) is 0.157. The van der Waals surface area contributed by atoms with Crippen molar-refractivity contribution < 1.29 is 0 Å². The Morgan fingerprint density at radius 1 is 0.295 bits per heavy atom. The molecule has 0 aliphatic carbocycles. The van der Waals surface area contributed by atoms with Crippen molar-refractivity contribution in [2.45, 2.75) is 61.4 Å². The SMILES string of the molecule is Cc1cccc(C)c1-c1cccc2c1c1c(-c3c(C)cccc3C)ccc3c1n2-c1cccc2c1B3n1c3c-2cccc3c2c1c1cccc3c1n2C1c2c-3cccc2-n2c3cccc(-c4c(C)cccc4C)c3c3c(-c4c(C)cccc4C)ccc1c32. The number of hydrogen-bond acceptors (Lipinski definition) is 0. The third-order valence-electron chi connectivity index (χ3n) is 21.6. The molecule has 0 N–H and O–H groups in total. The van der Waals surface area contributed by atoms with Crippen LogP contribution in [0.2, 0.25) is 0 Å². The van der Waals surface area contributed by atoms with E-state index in [9.17, 15) is 0 Å². The maximum atomic E-state index is 2.84. The van der Waals surface area contributed by atoms with Crippen LogP contribution in [-0.4, -0.2) is 25.0 Å². The van der Waals surface area contributed by atoms with E-state index in [-0.39, 0.29) is 12.9 Å². The summed E-state index contributed by atoms with van der Waals surface area (Å²) in [6.45, 7) is 18.2. The summed E-state index contributed by atoms with van der Waals surface area (Å²) in [7, 11) is 0. The van der Waals surface area contributed by atoms with Crippen molar-refractivity contribution in [2.24, 2.45) is 0 Å². The Morgan fingerprint density at radius 3 is 1.26 bits per heavy atom. The van der Waals surface area contributed by atoms with Crippen molar-refractivity contribution in [3.63, 3.8) is 0 Å². The largest absolute Gasteiger partial charge is 0.374 e. The molecule has 4 aliphatic rings. The van der Waals surface area contributed by atoms with Gasteiger partial charge in [-0.05, 0) is 191 Å². The van der Waals surface area contributed by atoms with E-state index in [1.54, 1.807) is 0 Å². The number of benzene rings is 12. The second kappa shape index (κ2) is 16.8. The van der Waals surface area contributed by atoms with Gasteiger partial charge in [-0.25, -0.2) is 0 Å². The van der Waals surface area contributed by atoms with Gasteiger partial charge in [0.05, 0.1) is 50.3 Å². The first-order valence-electron chi connectivity index (χ1n) is 31.4. The van der Waals surface area contributed by atoms with Crippen LogP contribution in [0.15, 0.2) is 206 Å². The lowest BCUT2D eigenvalue weighted by molar-refractivity contribution is 0.711. The standard InChI is InChI=1S/C83H59BN4/c1-43-19-9-20-44(2)67(43)55-31-17-35-63-71(55)74-57(69-47(5)23-11-24-48(69)6)39-40-61-79-73-51(27-15-37-65(73)85(63)80(61)74)53-29-13-33-59-77(53)87(79)81-60-34-14-30-54-52-28-16-38-66-76(52)84(88(78(54)60)82(59)81)62-42-41-58(70-49(7)25-12-26-50(70)8)75-72-56(68-45(3)21-10-22-46(68)4)32-18-36-64(72)86(66)83(62)75/h9-42,79H,1-8H3. The van der Waals surface area contributed by atoms with Gasteiger partial charge in [0, 0.05) is 65.8 Å². The van der Waals surface area contributed by atoms with Gasteiger partial charge in [-0.1, -0.05) is 182 Å². The highest BCUT2D eigenvalue weighted by molar-refractivity contribution is 6.90. The smallest absolute Gasteiger partial charge is 0.333 e. The average molecular weight is 1120 g/mol. The third-order valence-corrected chi connectivity index (χ3v) is 21.6. The van der Waals surface area contributed by atoms with Gasteiger partial charge in [0.2, 0.25) is 0 Å². The Bertz CT molecular complexity index is 5540. The van der Waals surface area contributed by atoms with Gasteiger partial charge in [0.25, 0.3) is 0 Å². The zero-order valence-corrected chi connectivity index (χ0v) is 50.6. The predicted molar refractivity (Wildman–Crippen MR) is 372 cm³/mol. The monoisotopic (exact) mass is 1120 g/mol. The molecule has 0 saturated heterocycles. The molecule has 20 rings (SSSR count). The number of aryl methyl sites for hydroxylation is 8. The van der Waals surface area contributed by atoms with Crippen molar-refractivity contribution in [1.82, 2.24) is 18.2 Å². The molecular formula is C83H59BN4. The maximum Gasteiger partial charge on any atom is 0.333 e. The molecule has 8 heterocycles. The molecule has 0 fully saturated rings. The zero-order valence-electron chi connectivity index (χ0n) is 50.6. The Hall–Kier alpha value is -10.4. The van der Waals surface area contributed by atoms with Crippen LogP contribution >= 0.6 is 0 Å². The minimum Gasteiger partial charge on any atom is -0.374 e. The molecule has 12 aromatic carbocycles. The van der Waals surface area contributed by atoms with Gasteiger partial charge in [-0.15, -0.1) is 0 Å². The molecule has 88 heavy (non-hydrogen) atoms. The van der Waals surface area contributed by atoms with Crippen LogP contribution in [0, 0.1) is 55.4 Å². The van der Waals surface area contributed by atoms with Crippen LogP contribution in [0.25, 0.3) is 155 Å². The molecule has 4 nitrogen and oxygen atoms in total. The molecule has 5 heteroatoms. The van der Waals surface area contributed by atoms with E-state index < -0.39 is 0 Å². The lowest BCUT2D eigenvalue weighted by Crippen LogP contribution is -2.55. The van der Waals surface area contributed by atoms with Crippen LogP contribution in [0.3, 0.4) is 0 Å². The average Bonchev–Trinajstić information content (AvgIpc) is 1.47. The topological polar surface area (TPSA) is 19.7 Å². The summed E-state index contributed by atoms with van der Waals surface area (Å²) >= 11 is 0. The lowest BCUT2D eigenvalue weighted by Gasteiger charge is -2.36. The molecule has 1 unspecified atom stereocenters. The highest BCUT2D eigenvalue weighted by Crippen LogP contribution is 2.59. The maximum absolute atomic E-state index is 2.84. The van der Waals surface area contributed by atoms with Crippen LogP contribution in [0.1, 0.15) is 61.7 Å². The highest BCUT2D eigenvalue weighted by Gasteiger charge is 2.46. The van der Waals surface area contributed by atoms with E-state index in [0.717, 1.165) is 0 Å². The molecule has 0 spiro atoms. The fourth-order valence-corrected chi connectivity index (χ4v) is 18.4. The summed E-state index contributed by atoms with van der Waals surface area (Å²) in [5, 5.41) is 7.88. The minimum atomic E-state index is -0.127. The first kappa shape index (κ1) is 48.8. The molecular weight excluding hydrogens is 1060 g/mol. The molecule has 4 aromatic heterocycles. The Balaban J connectivity index is 0.940. The van der Waals surface area contributed by atoms with E-state index in [2.05, 4.69) is 280 Å². The number of aromatic nitrogens is 4. The number of para-hydroxylation sites is 2. The fraction of sp³-hybridized carbons (Fsp3) is 0.108. The highest BCUT2D eigenvalue weighted by atomic mass is 15.1. The molecule has 0 amide bonds. The summed E-state index contributed by atoms with van der Waals surface area (Å²) in [4.78, 5) is 0. The molecule has 0 saturated carbocycles. The predicted octanol–water partition coefficient (Wildman–Crippen LogP) is 20.0. The van der Waals surface area contributed by atoms with Crippen molar-refractivity contribution in [1.29, 1.82) is 0 Å². The second-order valence-electron chi connectivity index (χ2n) is 26.1. The third kappa shape index (κ3) is 5.71. The molecule has 16 aromatic rings. The Labute approximate surface area is 510 Å². The van der Waals surface area contributed by atoms with Crippen LogP contribution in [0.4, 0.5) is 0 Å². The Kier molecular flexibility index (Phi) is 9.31. The summed E-state index contributed by atoms with van der Waals surface area (Å²) in [6.07, 6.45) is 0. The summed E-state index contributed by atoms with van der Waals surface area (Å²) in [5.74, 6) is 0. The zero-order chi connectivity index (χ0) is 58.6. The summed E-state index contributed by atoms with van der Waals surface area (Å²) in [6, 6.07) is 80.0. The normalized spacial score (nSPS) is 14.0. The summed E-state index contributed by atoms with van der Waals surface area (Å²) < 4.78 is 11.0.